The maximum Gasteiger partial charge on any atom is 0.131 e. The smallest absolute Gasteiger partial charge is 0.131 e. The molecule has 0 fully saturated rings. The van der Waals surface area contributed by atoms with E-state index in [4.69, 9.17) is 22.1 Å². The van der Waals surface area contributed by atoms with E-state index in [1.807, 2.05) is 12.1 Å². The summed E-state index contributed by atoms with van der Waals surface area (Å²) in [6.07, 6.45) is 0. The first kappa shape index (κ1) is 14.4. The van der Waals surface area contributed by atoms with Gasteiger partial charge in [0.15, 0.2) is 0 Å². The van der Waals surface area contributed by atoms with Gasteiger partial charge in [-0.15, -0.1) is 0 Å². The molecule has 2 nitrogen and oxygen atoms in total. The number of hydrogen-bond donors (Lipinski definition) is 1. The average molecular weight is 290 g/mol. The highest BCUT2D eigenvalue weighted by Crippen LogP contribution is 2.18. The normalized spacial score (nSPS) is 9.75. The van der Waals surface area contributed by atoms with Crippen molar-refractivity contribution < 1.29 is 9.13 Å². The number of hydrogen-bond acceptors (Lipinski definition) is 2. The van der Waals surface area contributed by atoms with Crippen molar-refractivity contribution in [2.75, 3.05) is 6.54 Å². The van der Waals surface area contributed by atoms with Gasteiger partial charge in [-0.3, -0.25) is 0 Å². The van der Waals surface area contributed by atoms with Crippen LogP contribution in [0.3, 0.4) is 0 Å². The quantitative estimate of drug-likeness (QED) is 0.879. The van der Waals surface area contributed by atoms with Gasteiger partial charge in [-0.25, -0.2) is 4.39 Å². The molecule has 0 aliphatic carbocycles. The molecule has 0 spiro atoms. The van der Waals surface area contributed by atoms with Gasteiger partial charge >= 0.3 is 0 Å². The Morgan fingerprint density at radius 2 is 1.90 bits per heavy atom. The van der Waals surface area contributed by atoms with Gasteiger partial charge in [0.05, 0.1) is 6.54 Å². The molecule has 0 saturated carbocycles. The molecule has 2 rings (SSSR count). The number of nitrogens with two attached hydrogens (primary N) is 1. The second kappa shape index (κ2) is 6.95. The SMILES string of the molecule is NCC#Cc1ccc(OCc2ccc(Cl)cc2F)cc1. The maximum atomic E-state index is 13.6. The van der Waals surface area contributed by atoms with Crippen molar-refractivity contribution in [3.8, 4) is 17.6 Å². The molecule has 102 valence electrons. The van der Waals surface area contributed by atoms with Crippen molar-refractivity contribution in [3.05, 3.63) is 64.4 Å². The topological polar surface area (TPSA) is 35.2 Å². The molecular weight excluding hydrogens is 277 g/mol. The van der Waals surface area contributed by atoms with Crippen LogP contribution in [0.2, 0.25) is 5.02 Å². The predicted octanol–water partition coefficient (Wildman–Crippen LogP) is 3.37. The fraction of sp³-hybridized carbons (Fsp3) is 0.125. The summed E-state index contributed by atoms with van der Waals surface area (Å²) in [6.45, 7) is 0.477. The van der Waals surface area contributed by atoms with E-state index >= 15 is 0 Å². The summed E-state index contributed by atoms with van der Waals surface area (Å²) in [5.74, 6) is 5.96. The first-order chi connectivity index (χ1) is 9.69. The third-order valence-corrected chi connectivity index (χ3v) is 2.83. The second-order valence-electron chi connectivity index (χ2n) is 4.05. The lowest BCUT2D eigenvalue weighted by molar-refractivity contribution is 0.300. The highest BCUT2D eigenvalue weighted by molar-refractivity contribution is 6.30. The van der Waals surface area contributed by atoms with E-state index in [-0.39, 0.29) is 12.4 Å². The Morgan fingerprint density at radius 1 is 1.15 bits per heavy atom. The summed E-state index contributed by atoms with van der Waals surface area (Å²) in [7, 11) is 0. The Balaban J connectivity index is 2.00. The lowest BCUT2D eigenvalue weighted by Gasteiger charge is -2.07. The highest BCUT2D eigenvalue weighted by atomic mass is 35.5. The van der Waals surface area contributed by atoms with Gasteiger partial charge in [0, 0.05) is 16.1 Å². The van der Waals surface area contributed by atoms with Gasteiger partial charge in [0.2, 0.25) is 0 Å². The average Bonchev–Trinajstić information content (AvgIpc) is 2.45. The van der Waals surface area contributed by atoms with Crippen LogP contribution < -0.4 is 10.5 Å². The number of benzene rings is 2. The van der Waals surface area contributed by atoms with Gasteiger partial charge in [-0.1, -0.05) is 29.5 Å². The van der Waals surface area contributed by atoms with E-state index < -0.39 is 0 Å². The number of rotatable bonds is 3. The van der Waals surface area contributed by atoms with E-state index in [2.05, 4.69) is 11.8 Å². The third-order valence-electron chi connectivity index (χ3n) is 2.60. The zero-order valence-electron chi connectivity index (χ0n) is 10.7. The van der Waals surface area contributed by atoms with Crippen LogP contribution >= 0.6 is 11.6 Å². The van der Waals surface area contributed by atoms with Crippen LogP contribution in [0.25, 0.3) is 0 Å². The second-order valence-corrected chi connectivity index (χ2v) is 4.49. The van der Waals surface area contributed by atoms with E-state index in [9.17, 15) is 4.39 Å². The fourth-order valence-corrected chi connectivity index (χ4v) is 1.75. The molecule has 4 heteroatoms. The molecule has 2 N–H and O–H groups in total. The molecule has 0 heterocycles. The molecule has 0 saturated heterocycles. The minimum atomic E-state index is -0.372. The van der Waals surface area contributed by atoms with Crippen molar-refractivity contribution in [3.63, 3.8) is 0 Å². The molecule has 0 aromatic heterocycles. The molecule has 0 aliphatic rings. The summed E-state index contributed by atoms with van der Waals surface area (Å²) < 4.78 is 19.1. The highest BCUT2D eigenvalue weighted by Gasteiger charge is 2.03. The molecular formula is C16H13ClFNO. The molecule has 0 radical (unpaired) electrons. The monoisotopic (exact) mass is 289 g/mol. The summed E-state index contributed by atoms with van der Waals surface area (Å²) in [4.78, 5) is 0. The van der Waals surface area contributed by atoms with Crippen LogP contribution in [0, 0.1) is 17.7 Å². The standard InChI is InChI=1S/C16H13ClFNO/c17-14-6-5-13(16(18)10-14)11-20-15-7-3-12(4-8-15)2-1-9-19/h3-8,10H,9,11,19H2. The minimum Gasteiger partial charge on any atom is -0.489 e. The van der Waals surface area contributed by atoms with Gasteiger partial charge in [0.1, 0.15) is 18.2 Å². The Kier molecular flexibility index (Phi) is 5.00. The first-order valence-electron chi connectivity index (χ1n) is 6.05. The minimum absolute atomic E-state index is 0.150. The summed E-state index contributed by atoms with van der Waals surface area (Å²) in [5.41, 5.74) is 6.62. The van der Waals surface area contributed by atoms with Crippen LogP contribution in [-0.4, -0.2) is 6.54 Å². The molecule has 0 unspecified atom stereocenters. The van der Waals surface area contributed by atoms with Crippen molar-refractivity contribution >= 4 is 11.6 Å². The summed E-state index contributed by atoms with van der Waals surface area (Å²) in [6, 6.07) is 11.7. The van der Waals surface area contributed by atoms with E-state index in [1.165, 1.54) is 6.07 Å². The van der Waals surface area contributed by atoms with Crippen molar-refractivity contribution in [2.45, 2.75) is 6.61 Å². The Hall–Kier alpha value is -2.02. The fourth-order valence-electron chi connectivity index (χ4n) is 1.59. The van der Waals surface area contributed by atoms with Crippen LogP contribution in [-0.2, 0) is 6.61 Å². The van der Waals surface area contributed by atoms with E-state index in [1.54, 1.807) is 24.3 Å². The van der Waals surface area contributed by atoms with Gasteiger partial charge in [0.25, 0.3) is 0 Å². The van der Waals surface area contributed by atoms with Crippen LogP contribution in [0.15, 0.2) is 42.5 Å². The van der Waals surface area contributed by atoms with Gasteiger partial charge < -0.3 is 10.5 Å². The molecule has 20 heavy (non-hydrogen) atoms. The van der Waals surface area contributed by atoms with Crippen LogP contribution in [0.1, 0.15) is 11.1 Å². The lowest BCUT2D eigenvalue weighted by Crippen LogP contribution is -1.98. The first-order valence-corrected chi connectivity index (χ1v) is 6.42. The number of ether oxygens (including phenoxy) is 1. The Labute approximate surface area is 122 Å². The lowest BCUT2D eigenvalue weighted by atomic mass is 10.2. The van der Waals surface area contributed by atoms with Crippen LogP contribution in [0.4, 0.5) is 4.39 Å². The molecule has 2 aromatic carbocycles. The molecule has 2 aromatic rings. The summed E-state index contributed by atoms with van der Waals surface area (Å²) >= 11 is 5.69. The number of halogens is 2. The predicted molar refractivity (Wildman–Crippen MR) is 78.1 cm³/mol. The zero-order valence-corrected chi connectivity index (χ0v) is 11.5. The molecule has 0 atom stereocenters. The third kappa shape index (κ3) is 3.99. The largest absolute Gasteiger partial charge is 0.489 e. The molecule has 0 amide bonds. The summed E-state index contributed by atoms with van der Waals surface area (Å²) in [5, 5.41) is 0.370. The van der Waals surface area contributed by atoms with E-state index in [0.717, 1.165) is 5.56 Å². The zero-order chi connectivity index (χ0) is 14.4. The Bertz CT molecular complexity index is 644. The molecule has 0 aliphatic heterocycles. The van der Waals surface area contributed by atoms with Crippen molar-refractivity contribution in [1.82, 2.24) is 0 Å². The molecule has 0 bridgehead atoms. The van der Waals surface area contributed by atoms with Gasteiger partial charge in [-0.05, 0) is 36.4 Å². The van der Waals surface area contributed by atoms with E-state index in [0.29, 0.717) is 22.9 Å². The Morgan fingerprint density at radius 3 is 2.55 bits per heavy atom. The van der Waals surface area contributed by atoms with Crippen molar-refractivity contribution in [1.29, 1.82) is 0 Å². The maximum absolute atomic E-state index is 13.6. The van der Waals surface area contributed by atoms with Crippen LogP contribution in [0.5, 0.6) is 5.75 Å². The van der Waals surface area contributed by atoms with Gasteiger partial charge in [-0.2, -0.15) is 0 Å². The van der Waals surface area contributed by atoms with Crippen molar-refractivity contribution in [2.24, 2.45) is 5.73 Å².